The molecule has 5 rings (SSSR count). The molecular weight excluding hydrogens is 394 g/mol. The highest BCUT2D eigenvalue weighted by Gasteiger charge is 2.51. The molecule has 2 aliphatic carbocycles. The van der Waals surface area contributed by atoms with E-state index in [1.54, 1.807) is 0 Å². The fourth-order valence-corrected chi connectivity index (χ4v) is 5.80. The number of benzene rings is 1. The first-order valence-electron chi connectivity index (χ1n) is 10.1. The molecule has 0 radical (unpaired) electrons. The Kier molecular flexibility index (Phi) is 4.21. The van der Waals surface area contributed by atoms with Crippen LogP contribution in [0.15, 0.2) is 17.1 Å². The van der Waals surface area contributed by atoms with Gasteiger partial charge in [0.05, 0.1) is 15.9 Å². The van der Waals surface area contributed by atoms with Crippen molar-refractivity contribution in [3.8, 4) is 5.75 Å². The van der Waals surface area contributed by atoms with Crippen molar-refractivity contribution in [2.75, 3.05) is 13.1 Å². The number of phenols is 1. The van der Waals surface area contributed by atoms with Gasteiger partial charge in [0.25, 0.3) is 0 Å². The quantitative estimate of drug-likeness (QED) is 0.609. The largest absolute Gasteiger partial charge is 0.508 e. The Bertz CT molecular complexity index is 1090. The number of aromatic hydroxyl groups is 1. The van der Waals surface area contributed by atoms with E-state index in [4.69, 9.17) is 17.3 Å². The highest BCUT2D eigenvalue weighted by Crippen LogP contribution is 2.59. The molecular formula is C21H24ClN3O4. The van der Waals surface area contributed by atoms with E-state index in [1.807, 2.05) is 4.57 Å². The summed E-state index contributed by atoms with van der Waals surface area (Å²) in [4.78, 5) is 24.3. The standard InChI is InChI=1S/C21H24ClN3O4/c22-17-16(14-3-4-21(14)6-10(23)7-24-9-21)15(26)5-12-18(17)25(11-1-2-11)8-13(19(12)27)20(28)29/h5,8,10-11,14,24,26H,1-4,6-7,9,23H2,(H,28,29). The van der Waals surface area contributed by atoms with E-state index in [9.17, 15) is 19.8 Å². The molecule has 154 valence electrons. The molecule has 2 heterocycles. The number of carboxylic acids is 1. The maximum Gasteiger partial charge on any atom is 0.341 e. The molecule has 7 nitrogen and oxygen atoms in total. The summed E-state index contributed by atoms with van der Waals surface area (Å²) >= 11 is 6.86. The van der Waals surface area contributed by atoms with E-state index < -0.39 is 11.4 Å². The molecule has 0 bridgehead atoms. The number of hydrogen-bond donors (Lipinski definition) is 4. The van der Waals surface area contributed by atoms with E-state index in [0.717, 1.165) is 45.2 Å². The zero-order valence-corrected chi connectivity index (χ0v) is 16.7. The molecule has 1 aromatic heterocycles. The first-order chi connectivity index (χ1) is 13.8. The van der Waals surface area contributed by atoms with Gasteiger partial charge in [0.15, 0.2) is 0 Å². The van der Waals surface area contributed by atoms with Gasteiger partial charge in [0.2, 0.25) is 5.43 Å². The number of piperidine rings is 1. The monoisotopic (exact) mass is 417 g/mol. The van der Waals surface area contributed by atoms with Crippen LogP contribution in [0.4, 0.5) is 0 Å². The van der Waals surface area contributed by atoms with Crippen molar-refractivity contribution in [3.05, 3.63) is 38.6 Å². The number of nitrogens with one attached hydrogen (secondary N) is 1. The van der Waals surface area contributed by atoms with Crippen LogP contribution >= 0.6 is 11.6 Å². The summed E-state index contributed by atoms with van der Waals surface area (Å²) in [6.45, 7) is 1.61. The summed E-state index contributed by atoms with van der Waals surface area (Å²) in [5.74, 6) is -1.25. The molecule has 2 aromatic rings. The molecule has 5 N–H and O–H groups in total. The Morgan fingerprint density at radius 1 is 1.34 bits per heavy atom. The predicted molar refractivity (Wildman–Crippen MR) is 110 cm³/mol. The lowest BCUT2D eigenvalue weighted by molar-refractivity contribution is 0.0465. The van der Waals surface area contributed by atoms with Gasteiger partial charge in [0, 0.05) is 36.9 Å². The van der Waals surface area contributed by atoms with Crippen LogP contribution in [0.3, 0.4) is 0 Å². The van der Waals surface area contributed by atoms with Crippen molar-refractivity contribution >= 4 is 28.5 Å². The smallest absolute Gasteiger partial charge is 0.341 e. The van der Waals surface area contributed by atoms with Crippen LogP contribution < -0.4 is 16.5 Å². The van der Waals surface area contributed by atoms with Gasteiger partial charge in [-0.25, -0.2) is 4.79 Å². The van der Waals surface area contributed by atoms with Crippen molar-refractivity contribution in [2.45, 2.75) is 50.1 Å². The lowest BCUT2D eigenvalue weighted by Crippen LogP contribution is -2.56. The van der Waals surface area contributed by atoms with Crippen molar-refractivity contribution in [2.24, 2.45) is 11.1 Å². The Labute approximate surface area is 172 Å². The van der Waals surface area contributed by atoms with Gasteiger partial charge in [-0.3, -0.25) is 4.79 Å². The molecule has 1 saturated heterocycles. The fourth-order valence-electron chi connectivity index (χ4n) is 5.37. The minimum Gasteiger partial charge on any atom is -0.508 e. The number of rotatable bonds is 3. The first kappa shape index (κ1) is 18.9. The Morgan fingerprint density at radius 3 is 2.69 bits per heavy atom. The molecule has 1 aliphatic heterocycles. The van der Waals surface area contributed by atoms with E-state index in [2.05, 4.69) is 5.32 Å². The molecule has 3 fully saturated rings. The number of nitrogens with two attached hydrogens (primary N) is 1. The molecule has 0 amide bonds. The number of pyridine rings is 1. The number of hydrogen-bond acceptors (Lipinski definition) is 5. The zero-order valence-electron chi connectivity index (χ0n) is 15.9. The number of carboxylic acid groups (broad SMARTS) is 1. The summed E-state index contributed by atoms with van der Waals surface area (Å²) in [5.41, 5.74) is 6.45. The second kappa shape index (κ2) is 6.45. The highest BCUT2D eigenvalue weighted by molar-refractivity contribution is 6.36. The van der Waals surface area contributed by atoms with Crippen LogP contribution in [0, 0.1) is 5.41 Å². The fraction of sp³-hybridized carbons (Fsp3) is 0.524. The zero-order chi connectivity index (χ0) is 20.5. The van der Waals surface area contributed by atoms with Crippen molar-refractivity contribution in [3.63, 3.8) is 0 Å². The first-order valence-corrected chi connectivity index (χ1v) is 10.5. The molecule has 8 heteroatoms. The Morgan fingerprint density at radius 2 is 2.10 bits per heavy atom. The van der Waals surface area contributed by atoms with Crippen molar-refractivity contribution in [1.29, 1.82) is 0 Å². The lowest BCUT2D eigenvalue weighted by Gasteiger charge is -2.54. The van der Waals surface area contributed by atoms with Crippen LogP contribution in [-0.2, 0) is 0 Å². The van der Waals surface area contributed by atoms with Gasteiger partial charge in [0.1, 0.15) is 11.3 Å². The normalized spacial score (nSPS) is 29.2. The summed E-state index contributed by atoms with van der Waals surface area (Å²) in [6, 6.07) is 1.61. The molecule has 3 atom stereocenters. The van der Waals surface area contributed by atoms with E-state index >= 15 is 0 Å². The highest BCUT2D eigenvalue weighted by atomic mass is 35.5. The number of carbonyl (C=O) groups is 1. The van der Waals surface area contributed by atoms with Crippen LogP contribution in [-0.4, -0.2) is 39.9 Å². The van der Waals surface area contributed by atoms with E-state index in [0.29, 0.717) is 16.1 Å². The van der Waals surface area contributed by atoms with Crippen molar-refractivity contribution in [1.82, 2.24) is 9.88 Å². The van der Waals surface area contributed by atoms with Gasteiger partial charge in [-0.15, -0.1) is 0 Å². The van der Waals surface area contributed by atoms with E-state index in [-0.39, 0.29) is 40.1 Å². The van der Waals surface area contributed by atoms with Crippen LogP contribution in [0.5, 0.6) is 5.75 Å². The molecule has 3 aliphatic rings. The number of phenolic OH excluding ortho intramolecular Hbond substituents is 1. The molecule has 1 aromatic carbocycles. The van der Waals surface area contributed by atoms with Gasteiger partial charge >= 0.3 is 5.97 Å². The minimum absolute atomic E-state index is 0.0345. The number of halogens is 1. The maximum atomic E-state index is 12.8. The van der Waals surface area contributed by atoms with Gasteiger partial charge < -0.3 is 25.8 Å². The molecule has 2 saturated carbocycles. The Hall–Kier alpha value is -2.09. The topological polar surface area (TPSA) is 118 Å². The molecule has 29 heavy (non-hydrogen) atoms. The lowest BCUT2D eigenvalue weighted by atomic mass is 9.54. The minimum atomic E-state index is -1.27. The van der Waals surface area contributed by atoms with Crippen LogP contribution in [0.25, 0.3) is 10.9 Å². The van der Waals surface area contributed by atoms with E-state index in [1.165, 1.54) is 12.3 Å². The Balaban J connectivity index is 1.72. The number of aromatic carboxylic acids is 1. The average molecular weight is 418 g/mol. The molecule has 1 spiro atoms. The summed E-state index contributed by atoms with van der Waals surface area (Å²) in [7, 11) is 0. The second-order valence-electron chi connectivity index (χ2n) is 8.88. The summed E-state index contributed by atoms with van der Waals surface area (Å²) in [5, 5.41) is 24.2. The third-order valence-corrected chi connectivity index (χ3v) is 7.40. The number of nitrogens with zero attached hydrogens (tertiary/aromatic N) is 1. The van der Waals surface area contributed by atoms with Gasteiger partial charge in [-0.1, -0.05) is 11.6 Å². The third kappa shape index (κ3) is 2.79. The number of fused-ring (bicyclic) bond motifs is 1. The maximum absolute atomic E-state index is 12.8. The average Bonchev–Trinajstić information content (AvgIpc) is 3.49. The van der Waals surface area contributed by atoms with Gasteiger partial charge in [-0.2, -0.15) is 0 Å². The van der Waals surface area contributed by atoms with Crippen LogP contribution in [0.1, 0.15) is 60.0 Å². The predicted octanol–water partition coefficient (Wildman–Crippen LogP) is 2.58. The number of aromatic nitrogens is 1. The van der Waals surface area contributed by atoms with Gasteiger partial charge in [-0.05, 0) is 49.5 Å². The third-order valence-electron chi connectivity index (χ3n) is 7.01. The summed E-state index contributed by atoms with van der Waals surface area (Å²) < 4.78 is 1.82. The van der Waals surface area contributed by atoms with Crippen molar-refractivity contribution < 1.29 is 15.0 Å². The molecule has 3 unspecified atom stereocenters. The SMILES string of the molecule is NC1CNCC2(CCC2c2c(O)cc3c(=O)c(C(=O)O)cn(C4CC4)c3c2Cl)C1. The summed E-state index contributed by atoms with van der Waals surface area (Å²) in [6.07, 6.45) is 6.01. The van der Waals surface area contributed by atoms with Crippen LogP contribution in [0.2, 0.25) is 5.02 Å². The second-order valence-corrected chi connectivity index (χ2v) is 9.26.